The number of hydrogen-bond donors (Lipinski definition) is 0. The molecule has 1 aromatic heterocycles. The summed E-state index contributed by atoms with van der Waals surface area (Å²) in [6.07, 6.45) is 0. The molecule has 2 aliphatic rings. The first kappa shape index (κ1) is 21.3. The Morgan fingerprint density at radius 2 is 1.21 bits per heavy atom. The van der Waals surface area contributed by atoms with Gasteiger partial charge in [-0.05, 0) is 71.8 Å². The van der Waals surface area contributed by atoms with Crippen LogP contribution in [0.4, 0.5) is 17.1 Å². The van der Waals surface area contributed by atoms with E-state index in [0.717, 1.165) is 45.5 Å². The molecule has 0 amide bonds. The van der Waals surface area contributed by atoms with Gasteiger partial charge in [0.15, 0.2) is 11.5 Å². The molecule has 8 rings (SSSR count). The summed E-state index contributed by atoms with van der Waals surface area (Å²) in [6, 6.07) is 40.3. The quantitative estimate of drug-likeness (QED) is 0.242. The molecule has 5 aromatic carbocycles. The zero-order valence-electron chi connectivity index (χ0n) is 21.2. The number of aromatic nitrogens is 2. The summed E-state index contributed by atoms with van der Waals surface area (Å²) in [7, 11) is 0. The molecule has 0 atom stereocenters. The molecule has 0 aliphatic carbocycles. The molecule has 0 N–H and O–H groups in total. The van der Waals surface area contributed by atoms with Crippen molar-refractivity contribution in [2.45, 2.75) is 19.3 Å². The van der Waals surface area contributed by atoms with Gasteiger partial charge < -0.3 is 9.64 Å². The van der Waals surface area contributed by atoms with Crippen molar-refractivity contribution < 1.29 is 4.74 Å². The molecule has 0 bridgehead atoms. The van der Waals surface area contributed by atoms with Crippen molar-refractivity contribution in [3.8, 4) is 28.6 Å². The average molecular weight is 492 g/mol. The fourth-order valence-corrected chi connectivity index (χ4v) is 6.14. The molecule has 4 heteroatoms. The molecule has 182 valence electrons. The lowest BCUT2D eigenvalue weighted by Gasteiger charge is -2.34. The number of fused-ring (bicyclic) bond motifs is 4. The van der Waals surface area contributed by atoms with Crippen molar-refractivity contribution in [1.29, 1.82) is 0 Å². The minimum atomic E-state index is -0.0929. The number of nitrogens with zero attached hydrogens (tertiary/aromatic N) is 3. The Morgan fingerprint density at radius 1 is 0.605 bits per heavy atom. The predicted octanol–water partition coefficient (Wildman–Crippen LogP) is 8.91. The number of imidazole rings is 1. The molecule has 0 saturated carbocycles. The van der Waals surface area contributed by atoms with E-state index in [4.69, 9.17) is 9.72 Å². The highest BCUT2D eigenvalue weighted by Gasteiger charge is 2.35. The number of rotatable bonds is 2. The largest absolute Gasteiger partial charge is 0.453 e. The van der Waals surface area contributed by atoms with Crippen LogP contribution in [-0.2, 0) is 5.41 Å². The first-order valence-corrected chi connectivity index (χ1v) is 13.0. The SMILES string of the molecule is CC1(C)c2ccccc2-n2c(-c3ccc(N4c5ccccc5Oc5ccccc54)cc3)nc3cccc1c32. The lowest BCUT2D eigenvalue weighted by atomic mass is 9.75. The van der Waals surface area contributed by atoms with Crippen LogP contribution < -0.4 is 9.64 Å². The minimum absolute atomic E-state index is 0.0929. The van der Waals surface area contributed by atoms with Gasteiger partial charge in [0, 0.05) is 16.7 Å². The van der Waals surface area contributed by atoms with Gasteiger partial charge in [-0.25, -0.2) is 4.98 Å². The number of hydrogen-bond acceptors (Lipinski definition) is 3. The van der Waals surface area contributed by atoms with Gasteiger partial charge in [0.05, 0.1) is 28.1 Å². The number of ether oxygens (including phenoxy) is 1. The zero-order chi connectivity index (χ0) is 25.4. The van der Waals surface area contributed by atoms with E-state index in [2.05, 4.69) is 114 Å². The van der Waals surface area contributed by atoms with Gasteiger partial charge >= 0.3 is 0 Å². The summed E-state index contributed by atoms with van der Waals surface area (Å²) < 4.78 is 8.55. The molecule has 3 heterocycles. The molecular formula is C34H25N3O. The summed E-state index contributed by atoms with van der Waals surface area (Å²) in [4.78, 5) is 7.43. The van der Waals surface area contributed by atoms with Crippen LogP contribution in [0, 0.1) is 0 Å². The number of para-hydroxylation sites is 6. The second-order valence-corrected chi connectivity index (χ2v) is 10.5. The van der Waals surface area contributed by atoms with Crippen LogP contribution in [0.2, 0.25) is 0 Å². The molecule has 0 unspecified atom stereocenters. The molecule has 4 nitrogen and oxygen atoms in total. The lowest BCUT2D eigenvalue weighted by molar-refractivity contribution is 0.477. The predicted molar refractivity (Wildman–Crippen MR) is 153 cm³/mol. The smallest absolute Gasteiger partial charge is 0.151 e. The highest BCUT2D eigenvalue weighted by atomic mass is 16.5. The van der Waals surface area contributed by atoms with Gasteiger partial charge in [0.1, 0.15) is 5.82 Å². The maximum atomic E-state index is 6.20. The van der Waals surface area contributed by atoms with Crippen LogP contribution in [0.3, 0.4) is 0 Å². The fraction of sp³-hybridized carbons (Fsp3) is 0.0882. The first-order chi connectivity index (χ1) is 18.6. The molecule has 6 aromatic rings. The number of anilines is 3. The monoisotopic (exact) mass is 491 g/mol. The molecule has 0 spiro atoms. The molecular weight excluding hydrogens is 466 g/mol. The van der Waals surface area contributed by atoms with Crippen molar-refractivity contribution in [3.63, 3.8) is 0 Å². The van der Waals surface area contributed by atoms with E-state index in [1.165, 1.54) is 22.3 Å². The standard InChI is InChI=1S/C34H25N3O/c1-34(2)24-10-3-4-13-27(24)37-32-25(34)11-9-12-26(32)35-33(37)22-18-20-23(21-19-22)36-28-14-5-7-16-30(28)38-31-17-8-6-15-29(31)36/h3-21H,1-2H3. The third-order valence-electron chi connectivity index (χ3n) is 7.98. The maximum absolute atomic E-state index is 6.20. The molecule has 0 saturated heterocycles. The van der Waals surface area contributed by atoms with Crippen LogP contribution >= 0.6 is 0 Å². The highest BCUT2D eigenvalue weighted by Crippen LogP contribution is 2.50. The number of benzene rings is 5. The van der Waals surface area contributed by atoms with E-state index in [-0.39, 0.29) is 5.41 Å². The Morgan fingerprint density at radius 3 is 1.92 bits per heavy atom. The van der Waals surface area contributed by atoms with Gasteiger partial charge in [-0.2, -0.15) is 0 Å². The van der Waals surface area contributed by atoms with Crippen molar-refractivity contribution in [3.05, 3.63) is 126 Å². The van der Waals surface area contributed by atoms with Crippen molar-refractivity contribution in [1.82, 2.24) is 9.55 Å². The second kappa shape index (κ2) is 7.59. The van der Waals surface area contributed by atoms with Gasteiger partial charge in [0.2, 0.25) is 0 Å². The molecule has 38 heavy (non-hydrogen) atoms. The van der Waals surface area contributed by atoms with Crippen molar-refractivity contribution in [2.24, 2.45) is 0 Å². The summed E-state index contributed by atoms with van der Waals surface area (Å²) in [5.41, 5.74) is 10.2. The van der Waals surface area contributed by atoms with Gasteiger partial charge in [-0.1, -0.05) is 68.4 Å². The zero-order valence-corrected chi connectivity index (χ0v) is 21.2. The van der Waals surface area contributed by atoms with E-state index < -0.39 is 0 Å². The summed E-state index contributed by atoms with van der Waals surface area (Å²) in [5, 5.41) is 0. The normalized spacial score (nSPS) is 14.4. The van der Waals surface area contributed by atoms with E-state index in [1.54, 1.807) is 0 Å². The van der Waals surface area contributed by atoms with Gasteiger partial charge in [-0.3, -0.25) is 4.57 Å². The minimum Gasteiger partial charge on any atom is -0.453 e. The van der Waals surface area contributed by atoms with Gasteiger partial charge in [0.25, 0.3) is 0 Å². The van der Waals surface area contributed by atoms with E-state index in [9.17, 15) is 0 Å². The van der Waals surface area contributed by atoms with Crippen LogP contribution in [-0.4, -0.2) is 9.55 Å². The maximum Gasteiger partial charge on any atom is 0.151 e. The highest BCUT2D eigenvalue weighted by molar-refractivity contribution is 5.91. The van der Waals surface area contributed by atoms with Crippen molar-refractivity contribution >= 4 is 28.1 Å². The van der Waals surface area contributed by atoms with E-state index in [0.29, 0.717) is 0 Å². The Hall–Kier alpha value is -4.83. The second-order valence-electron chi connectivity index (χ2n) is 10.5. The van der Waals surface area contributed by atoms with E-state index >= 15 is 0 Å². The van der Waals surface area contributed by atoms with Crippen LogP contribution in [0.1, 0.15) is 25.0 Å². The topological polar surface area (TPSA) is 30.3 Å². The Labute approximate surface area is 221 Å². The Balaban J connectivity index is 1.30. The van der Waals surface area contributed by atoms with Crippen LogP contribution in [0.5, 0.6) is 11.5 Å². The lowest BCUT2D eigenvalue weighted by Crippen LogP contribution is -2.26. The first-order valence-electron chi connectivity index (χ1n) is 13.0. The van der Waals surface area contributed by atoms with Gasteiger partial charge in [-0.15, -0.1) is 0 Å². The third kappa shape index (κ3) is 2.83. The van der Waals surface area contributed by atoms with E-state index in [1.807, 2.05) is 24.3 Å². The van der Waals surface area contributed by atoms with Crippen LogP contribution in [0.25, 0.3) is 28.1 Å². The summed E-state index contributed by atoms with van der Waals surface area (Å²) in [5.74, 6) is 2.67. The summed E-state index contributed by atoms with van der Waals surface area (Å²) in [6.45, 7) is 4.62. The third-order valence-corrected chi connectivity index (χ3v) is 7.98. The molecule has 0 fully saturated rings. The average Bonchev–Trinajstić information content (AvgIpc) is 3.35. The van der Waals surface area contributed by atoms with Crippen LogP contribution in [0.15, 0.2) is 115 Å². The van der Waals surface area contributed by atoms with Crippen molar-refractivity contribution in [2.75, 3.05) is 4.90 Å². The Kier molecular flexibility index (Phi) is 4.25. The molecule has 0 radical (unpaired) electrons. The Bertz CT molecular complexity index is 1840. The summed E-state index contributed by atoms with van der Waals surface area (Å²) >= 11 is 0. The molecule has 2 aliphatic heterocycles. The fourth-order valence-electron chi connectivity index (χ4n) is 6.14.